The van der Waals surface area contributed by atoms with E-state index in [1.165, 1.54) is 25.1 Å². The summed E-state index contributed by atoms with van der Waals surface area (Å²) in [5.41, 5.74) is 5.92. The molecule has 0 atom stereocenters. The Hall–Kier alpha value is -4.86. The molecule has 0 aliphatic rings. The highest BCUT2D eigenvalue weighted by molar-refractivity contribution is 6.15. The van der Waals surface area contributed by atoms with Crippen molar-refractivity contribution in [2.24, 2.45) is 11.5 Å². The number of alkyl halides is 3. The third-order valence-corrected chi connectivity index (χ3v) is 5.68. The van der Waals surface area contributed by atoms with Crippen LogP contribution in [0.15, 0.2) is 36.4 Å². The number of aromatic nitrogens is 3. The van der Waals surface area contributed by atoms with Gasteiger partial charge in [-0.15, -0.1) is 0 Å². The van der Waals surface area contributed by atoms with Gasteiger partial charge >= 0.3 is 6.18 Å². The number of benzene rings is 2. The van der Waals surface area contributed by atoms with Crippen LogP contribution in [-0.4, -0.2) is 26.6 Å². The van der Waals surface area contributed by atoms with Gasteiger partial charge < -0.3 is 11.5 Å². The van der Waals surface area contributed by atoms with Crippen LogP contribution in [0.2, 0.25) is 0 Å². The van der Waals surface area contributed by atoms with Crippen LogP contribution in [0.4, 0.5) is 22.0 Å². The van der Waals surface area contributed by atoms with Crippen LogP contribution in [-0.2, 0) is 12.7 Å². The topological polar surface area (TPSA) is 141 Å². The molecule has 0 saturated heterocycles. The fourth-order valence-corrected chi connectivity index (χ4v) is 4.09. The van der Waals surface area contributed by atoms with Gasteiger partial charge in [-0.25, -0.2) is 13.8 Å². The minimum Gasteiger partial charge on any atom is -0.366 e. The molecule has 0 saturated carbocycles. The van der Waals surface area contributed by atoms with Gasteiger partial charge in [0.2, 0.25) is 5.91 Å². The highest BCUT2D eigenvalue weighted by Gasteiger charge is 2.41. The number of hydrogen-bond donors (Lipinski definition) is 2. The number of carbonyl (C=O) groups is 2. The molecule has 0 bridgehead atoms. The van der Waals surface area contributed by atoms with Gasteiger partial charge in [-0.3, -0.25) is 14.3 Å². The van der Waals surface area contributed by atoms with E-state index in [-0.39, 0.29) is 22.3 Å². The maximum absolute atomic E-state index is 14.8. The molecule has 37 heavy (non-hydrogen) atoms. The Morgan fingerprint density at radius 1 is 1.08 bits per heavy atom. The standard InChI is InChI=1S/C24H15F5N6O2/c1-10-16(18-19(22(31)36)17-14(26)3-2-4-15(17)33-20(18)23(32)37)21(24(27,28)29)34-35(10)9-11-5-6-13(25)7-12(11)8-30/h2-7H,9H2,1H3,(H2,31,36)(H2,32,37). The Labute approximate surface area is 204 Å². The lowest BCUT2D eigenvalue weighted by Crippen LogP contribution is -2.22. The average molecular weight is 514 g/mol. The molecule has 4 rings (SSSR count). The van der Waals surface area contributed by atoms with Crippen LogP contribution in [0.25, 0.3) is 22.0 Å². The Morgan fingerprint density at radius 3 is 2.38 bits per heavy atom. The van der Waals surface area contributed by atoms with Crippen molar-refractivity contribution in [3.63, 3.8) is 0 Å². The summed E-state index contributed by atoms with van der Waals surface area (Å²) >= 11 is 0. The highest BCUT2D eigenvalue weighted by Crippen LogP contribution is 2.42. The second-order valence-corrected chi connectivity index (χ2v) is 7.95. The van der Waals surface area contributed by atoms with E-state index < -0.39 is 69.6 Å². The van der Waals surface area contributed by atoms with Crippen LogP contribution >= 0.6 is 0 Å². The number of rotatable bonds is 5. The maximum atomic E-state index is 14.8. The van der Waals surface area contributed by atoms with E-state index in [2.05, 4.69) is 10.1 Å². The van der Waals surface area contributed by atoms with Crippen LogP contribution in [0.1, 0.15) is 43.4 Å². The van der Waals surface area contributed by atoms with Crippen LogP contribution < -0.4 is 11.5 Å². The van der Waals surface area contributed by atoms with Gasteiger partial charge in [0.15, 0.2) is 5.69 Å². The smallest absolute Gasteiger partial charge is 0.366 e. The van der Waals surface area contributed by atoms with Gasteiger partial charge in [0.25, 0.3) is 5.91 Å². The second-order valence-electron chi connectivity index (χ2n) is 7.95. The van der Waals surface area contributed by atoms with Crippen molar-refractivity contribution in [2.75, 3.05) is 0 Å². The summed E-state index contributed by atoms with van der Waals surface area (Å²) in [6, 6.07) is 8.30. The molecular weight excluding hydrogens is 499 g/mol. The van der Waals surface area contributed by atoms with E-state index in [0.717, 1.165) is 22.9 Å². The van der Waals surface area contributed by atoms with Gasteiger partial charge in [0, 0.05) is 22.2 Å². The molecule has 0 fully saturated rings. The fourth-order valence-electron chi connectivity index (χ4n) is 4.09. The number of hydrogen-bond acceptors (Lipinski definition) is 5. The van der Waals surface area contributed by atoms with Gasteiger partial charge in [-0.1, -0.05) is 12.1 Å². The Kier molecular flexibility index (Phi) is 6.12. The quantitative estimate of drug-likeness (QED) is 0.390. The molecule has 13 heteroatoms. The summed E-state index contributed by atoms with van der Waals surface area (Å²) in [7, 11) is 0. The molecule has 2 aromatic carbocycles. The van der Waals surface area contributed by atoms with Crippen LogP contribution in [0.5, 0.6) is 0 Å². The first-order chi connectivity index (χ1) is 17.3. The average Bonchev–Trinajstić information content (AvgIpc) is 3.15. The van der Waals surface area contributed by atoms with Crippen molar-refractivity contribution in [1.29, 1.82) is 5.26 Å². The van der Waals surface area contributed by atoms with Crippen molar-refractivity contribution in [2.45, 2.75) is 19.6 Å². The largest absolute Gasteiger partial charge is 0.435 e. The molecule has 0 radical (unpaired) electrons. The molecule has 2 aromatic heterocycles. The molecule has 2 amide bonds. The molecule has 8 nitrogen and oxygen atoms in total. The first-order valence-corrected chi connectivity index (χ1v) is 10.4. The van der Waals surface area contributed by atoms with E-state index in [1.54, 1.807) is 6.07 Å². The number of primary amides is 2. The van der Waals surface area contributed by atoms with E-state index in [9.17, 15) is 36.8 Å². The number of nitriles is 1. The molecule has 4 aromatic rings. The second kappa shape index (κ2) is 8.98. The molecule has 2 heterocycles. The zero-order valence-electron chi connectivity index (χ0n) is 18.8. The molecule has 0 spiro atoms. The lowest BCUT2D eigenvalue weighted by molar-refractivity contribution is -0.141. The number of carbonyl (C=O) groups excluding carboxylic acids is 2. The third kappa shape index (κ3) is 4.33. The predicted molar refractivity (Wildman–Crippen MR) is 120 cm³/mol. The Balaban J connectivity index is 2.12. The molecule has 4 N–H and O–H groups in total. The summed E-state index contributed by atoms with van der Waals surface area (Å²) in [6.45, 7) is 0.791. The summed E-state index contributed by atoms with van der Waals surface area (Å²) in [6.07, 6.45) is -5.12. The van der Waals surface area contributed by atoms with E-state index in [1.807, 2.05) is 0 Å². The van der Waals surface area contributed by atoms with E-state index >= 15 is 0 Å². The number of nitrogens with zero attached hydrogens (tertiary/aromatic N) is 4. The maximum Gasteiger partial charge on any atom is 0.435 e. The van der Waals surface area contributed by atoms with E-state index in [0.29, 0.717) is 0 Å². The molecule has 188 valence electrons. The van der Waals surface area contributed by atoms with Crippen LogP contribution in [0, 0.1) is 29.9 Å². The fraction of sp³-hybridized carbons (Fsp3) is 0.125. The summed E-state index contributed by atoms with van der Waals surface area (Å²) in [5, 5.41) is 12.4. The summed E-state index contributed by atoms with van der Waals surface area (Å²) in [5.74, 6) is -4.37. The SMILES string of the molecule is Cc1c(-c2c(C(N)=O)nc3cccc(F)c3c2C(N)=O)c(C(F)(F)F)nn1Cc1ccc(F)cc1C#N. The van der Waals surface area contributed by atoms with E-state index in [4.69, 9.17) is 11.5 Å². The van der Waals surface area contributed by atoms with Crippen molar-refractivity contribution < 1.29 is 31.5 Å². The molecule has 0 aliphatic heterocycles. The normalized spacial score (nSPS) is 11.5. The van der Waals surface area contributed by atoms with Crippen molar-refractivity contribution >= 4 is 22.7 Å². The van der Waals surface area contributed by atoms with Crippen molar-refractivity contribution in [1.82, 2.24) is 14.8 Å². The lowest BCUT2D eigenvalue weighted by Gasteiger charge is -2.16. The number of pyridine rings is 1. The first-order valence-electron chi connectivity index (χ1n) is 10.4. The summed E-state index contributed by atoms with van der Waals surface area (Å²) in [4.78, 5) is 28.8. The van der Waals surface area contributed by atoms with Gasteiger partial charge in [-0.05, 0) is 36.8 Å². The minimum absolute atomic E-state index is 0.141. The monoisotopic (exact) mass is 514 g/mol. The lowest BCUT2D eigenvalue weighted by atomic mass is 9.91. The Bertz CT molecular complexity index is 1650. The zero-order valence-corrected chi connectivity index (χ0v) is 18.8. The predicted octanol–water partition coefficient (Wildman–Crippen LogP) is 3.82. The summed E-state index contributed by atoms with van der Waals surface area (Å²) < 4.78 is 71.9. The number of fused-ring (bicyclic) bond motifs is 1. The molecule has 0 unspecified atom stereocenters. The van der Waals surface area contributed by atoms with Crippen LogP contribution in [0.3, 0.4) is 0 Å². The van der Waals surface area contributed by atoms with Crippen molar-refractivity contribution in [3.05, 3.63) is 81.8 Å². The van der Waals surface area contributed by atoms with Gasteiger partial charge in [-0.2, -0.15) is 23.5 Å². The highest BCUT2D eigenvalue weighted by atomic mass is 19.4. The zero-order chi connectivity index (χ0) is 27.2. The van der Waals surface area contributed by atoms with Gasteiger partial charge in [0.1, 0.15) is 17.3 Å². The number of halogens is 5. The minimum atomic E-state index is -5.12. The molecule has 0 aliphatic carbocycles. The number of nitrogens with two attached hydrogens (primary N) is 2. The molecular formula is C24H15F5N6O2. The Morgan fingerprint density at radius 2 is 1.78 bits per heavy atom. The van der Waals surface area contributed by atoms with Crippen molar-refractivity contribution in [3.8, 4) is 17.2 Å². The van der Waals surface area contributed by atoms with Gasteiger partial charge in [0.05, 0.1) is 29.3 Å². The third-order valence-electron chi connectivity index (χ3n) is 5.68. The first kappa shape index (κ1) is 25.2. The number of amides is 2.